The van der Waals surface area contributed by atoms with Gasteiger partial charge in [-0.2, -0.15) is 13.2 Å². The molecule has 4 nitrogen and oxygen atoms in total. The Labute approximate surface area is 164 Å². The third kappa shape index (κ3) is 4.84. The molecule has 1 aliphatic heterocycles. The van der Waals surface area contributed by atoms with Crippen molar-refractivity contribution in [2.45, 2.75) is 19.1 Å². The van der Waals surface area contributed by atoms with Gasteiger partial charge < -0.3 is 15.1 Å². The molecule has 0 saturated carbocycles. The van der Waals surface area contributed by atoms with Crippen molar-refractivity contribution in [3.8, 4) is 0 Å². The maximum atomic E-state index is 13.7. The van der Waals surface area contributed by atoms with Gasteiger partial charge >= 0.3 is 6.18 Å². The minimum atomic E-state index is -4.41. The first-order chi connectivity index (χ1) is 13.7. The van der Waals surface area contributed by atoms with Gasteiger partial charge in [0.25, 0.3) is 5.91 Å². The number of amides is 1. The van der Waals surface area contributed by atoms with Crippen LogP contribution in [0.2, 0.25) is 0 Å². The van der Waals surface area contributed by atoms with Gasteiger partial charge in [0.15, 0.2) is 6.04 Å². The van der Waals surface area contributed by atoms with Crippen LogP contribution in [0.1, 0.15) is 12.5 Å². The van der Waals surface area contributed by atoms with Gasteiger partial charge in [0.05, 0.1) is 31.7 Å². The van der Waals surface area contributed by atoms with Crippen molar-refractivity contribution in [1.29, 1.82) is 0 Å². The molecule has 1 atom stereocenters. The zero-order valence-corrected chi connectivity index (χ0v) is 15.7. The second-order valence-electron chi connectivity index (χ2n) is 7.00. The molecule has 1 heterocycles. The summed E-state index contributed by atoms with van der Waals surface area (Å²) in [6, 6.07) is 7.89. The lowest BCUT2D eigenvalue weighted by molar-refractivity contribution is -0.914. The fourth-order valence-electron chi connectivity index (χ4n) is 3.40. The average Bonchev–Trinajstić information content (AvgIpc) is 2.70. The van der Waals surface area contributed by atoms with E-state index in [4.69, 9.17) is 0 Å². The molecule has 1 fully saturated rings. The summed E-state index contributed by atoms with van der Waals surface area (Å²) in [5.74, 6) is -2.22. The van der Waals surface area contributed by atoms with E-state index in [1.165, 1.54) is 12.1 Å². The van der Waals surface area contributed by atoms with Gasteiger partial charge in [-0.3, -0.25) is 4.79 Å². The van der Waals surface area contributed by atoms with Gasteiger partial charge in [-0.05, 0) is 37.3 Å². The van der Waals surface area contributed by atoms with Crippen LogP contribution in [0, 0.1) is 11.6 Å². The van der Waals surface area contributed by atoms with E-state index in [2.05, 4.69) is 5.32 Å². The monoisotopic (exact) mass is 414 g/mol. The molecule has 2 aromatic carbocycles. The molecule has 3 rings (SSSR count). The standard InChI is InChI=1S/C20H20F5N3O/c1-13(19(29)26-18-16(21)6-3-7-17(18)22)27-8-10-28(11-9-27)15-5-2-4-14(12-15)20(23,24)25/h2-7,12-13H,8-11H2,1H3,(H,26,29)/p+1/t13-/m1/s1. The molecule has 29 heavy (non-hydrogen) atoms. The predicted molar refractivity (Wildman–Crippen MR) is 98.8 cm³/mol. The van der Waals surface area contributed by atoms with Crippen molar-refractivity contribution in [2.75, 3.05) is 36.4 Å². The lowest BCUT2D eigenvalue weighted by Gasteiger charge is -2.36. The topological polar surface area (TPSA) is 36.8 Å². The fourth-order valence-corrected chi connectivity index (χ4v) is 3.40. The minimum absolute atomic E-state index is 0.461. The molecule has 9 heteroatoms. The molecular formula is C20H21F5N3O+. The van der Waals surface area contributed by atoms with Crippen LogP contribution in [0.5, 0.6) is 0 Å². The van der Waals surface area contributed by atoms with Crippen molar-refractivity contribution < 1.29 is 31.6 Å². The van der Waals surface area contributed by atoms with Gasteiger partial charge in [-0.1, -0.05) is 12.1 Å². The summed E-state index contributed by atoms with van der Waals surface area (Å²) in [6.45, 7) is 3.59. The van der Waals surface area contributed by atoms with Crippen molar-refractivity contribution in [3.63, 3.8) is 0 Å². The minimum Gasteiger partial charge on any atom is -0.360 e. The molecule has 1 aliphatic rings. The summed E-state index contributed by atoms with van der Waals surface area (Å²) >= 11 is 0. The van der Waals surface area contributed by atoms with E-state index in [1.54, 1.807) is 13.0 Å². The summed E-state index contributed by atoms with van der Waals surface area (Å²) in [7, 11) is 0. The maximum Gasteiger partial charge on any atom is 0.416 e. The van der Waals surface area contributed by atoms with Crippen LogP contribution in [0.4, 0.5) is 33.3 Å². The molecule has 0 aliphatic carbocycles. The highest BCUT2D eigenvalue weighted by molar-refractivity contribution is 5.93. The Kier molecular flexibility index (Phi) is 6.07. The number of hydrogen-bond donors (Lipinski definition) is 2. The predicted octanol–water partition coefficient (Wildman–Crippen LogP) is 2.72. The van der Waals surface area contributed by atoms with Crippen LogP contribution in [0.25, 0.3) is 0 Å². The van der Waals surface area contributed by atoms with Crippen molar-refractivity contribution in [3.05, 3.63) is 59.7 Å². The van der Waals surface area contributed by atoms with Crippen LogP contribution in [0.3, 0.4) is 0 Å². The molecule has 2 N–H and O–H groups in total. The Hall–Kier alpha value is -2.68. The van der Waals surface area contributed by atoms with Gasteiger partial charge in [0, 0.05) is 5.69 Å². The van der Waals surface area contributed by atoms with E-state index >= 15 is 0 Å². The summed E-state index contributed by atoms with van der Waals surface area (Å²) in [6.07, 6.45) is -4.41. The van der Waals surface area contributed by atoms with E-state index in [-0.39, 0.29) is 0 Å². The van der Waals surface area contributed by atoms with Crippen LogP contribution < -0.4 is 15.1 Å². The molecule has 0 radical (unpaired) electrons. The number of piperazine rings is 1. The molecule has 2 aromatic rings. The van der Waals surface area contributed by atoms with E-state index < -0.39 is 41.0 Å². The average molecular weight is 414 g/mol. The number of quaternary nitrogens is 1. The molecule has 1 amide bonds. The van der Waals surface area contributed by atoms with E-state index in [9.17, 15) is 26.7 Å². The second kappa shape index (κ2) is 8.36. The number of hydrogen-bond acceptors (Lipinski definition) is 2. The van der Waals surface area contributed by atoms with Crippen molar-refractivity contribution >= 4 is 17.3 Å². The molecule has 0 spiro atoms. The molecule has 1 saturated heterocycles. The number of alkyl halides is 3. The van der Waals surface area contributed by atoms with Crippen LogP contribution in [0.15, 0.2) is 42.5 Å². The Balaban J connectivity index is 1.61. The maximum absolute atomic E-state index is 13.7. The number of nitrogens with zero attached hydrogens (tertiary/aromatic N) is 1. The quantitative estimate of drug-likeness (QED) is 0.755. The highest BCUT2D eigenvalue weighted by Crippen LogP contribution is 2.31. The Morgan fingerprint density at radius 2 is 1.66 bits per heavy atom. The third-order valence-electron chi connectivity index (χ3n) is 5.16. The number of carbonyl (C=O) groups is 1. The summed E-state index contributed by atoms with van der Waals surface area (Å²) < 4.78 is 66.2. The van der Waals surface area contributed by atoms with E-state index in [1.807, 2.05) is 4.90 Å². The smallest absolute Gasteiger partial charge is 0.360 e. The zero-order valence-electron chi connectivity index (χ0n) is 15.7. The number of para-hydroxylation sites is 1. The first-order valence-corrected chi connectivity index (χ1v) is 9.18. The fraction of sp³-hybridized carbons (Fsp3) is 0.350. The summed E-state index contributed by atoms with van der Waals surface area (Å²) in [4.78, 5) is 15.1. The second-order valence-corrected chi connectivity index (χ2v) is 7.00. The molecule has 0 aromatic heterocycles. The Bertz CT molecular complexity index is 858. The lowest BCUT2D eigenvalue weighted by Crippen LogP contribution is -3.19. The van der Waals surface area contributed by atoms with Gasteiger partial charge in [-0.25, -0.2) is 8.78 Å². The summed E-state index contributed by atoms with van der Waals surface area (Å²) in [5, 5.41) is 2.29. The number of nitrogens with one attached hydrogen (secondary N) is 2. The number of halogens is 5. The first kappa shape index (κ1) is 21.0. The molecular weight excluding hydrogens is 393 g/mol. The number of carbonyl (C=O) groups excluding carboxylic acids is 1. The number of anilines is 2. The third-order valence-corrected chi connectivity index (χ3v) is 5.16. The largest absolute Gasteiger partial charge is 0.416 e. The zero-order chi connectivity index (χ0) is 21.2. The first-order valence-electron chi connectivity index (χ1n) is 9.18. The highest BCUT2D eigenvalue weighted by atomic mass is 19.4. The van der Waals surface area contributed by atoms with Gasteiger partial charge in [0.2, 0.25) is 0 Å². The number of benzene rings is 2. The molecule has 0 unspecified atom stereocenters. The Morgan fingerprint density at radius 3 is 2.24 bits per heavy atom. The van der Waals surface area contributed by atoms with Crippen LogP contribution in [-0.2, 0) is 11.0 Å². The SMILES string of the molecule is C[C@H](C(=O)Nc1c(F)cccc1F)[NH+]1CCN(c2cccc(C(F)(F)F)c2)CC1. The van der Waals surface area contributed by atoms with Crippen LogP contribution >= 0.6 is 0 Å². The van der Waals surface area contributed by atoms with E-state index in [0.717, 1.165) is 29.2 Å². The van der Waals surface area contributed by atoms with Gasteiger partial charge in [-0.15, -0.1) is 0 Å². The normalized spacial score (nSPS) is 16.6. The van der Waals surface area contributed by atoms with Crippen molar-refractivity contribution in [1.82, 2.24) is 0 Å². The molecule has 0 bridgehead atoms. The van der Waals surface area contributed by atoms with Crippen LogP contribution in [-0.4, -0.2) is 38.1 Å². The van der Waals surface area contributed by atoms with E-state index in [0.29, 0.717) is 31.9 Å². The van der Waals surface area contributed by atoms with Crippen molar-refractivity contribution in [2.24, 2.45) is 0 Å². The summed E-state index contributed by atoms with van der Waals surface area (Å²) in [5.41, 5.74) is -0.708. The molecule has 156 valence electrons. The number of rotatable bonds is 4. The lowest BCUT2D eigenvalue weighted by atomic mass is 10.1. The highest BCUT2D eigenvalue weighted by Gasteiger charge is 2.33. The Morgan fingerprint density at radius 1 is 1.07 bits per heavy atom. The van der Waals surface area contributed by atoms with Gasteiger partial charge in [0.1, 0.15) is 17.3 Å².